The number of hydrogen-bond acceptors (Lipinski definition) is 6. The third kappa shape index (κ3) is 3.23. The van der Waals surface area contributed by atoms with Crippen molar-refractivity contribution in [3.63, 3.8) is 0 Å². The second-order valence-electron chi connectivity index (χ2n) is 5.74. The summed E-state index contributed by atoms with van der Waals surface area (Å²) in [5.74, 6) is 1.68. The second-order valence-corrected chi connectivity index (χ2v) is 7.42. The number of sulfonamides is 1. The first kappa shape index (κ1) is 16.5. The van der Waals surface area contributed by atoms with Crippen LogP contribution in [0, 0.1) is 6.92 Å². The topological polar surface area (TPSA) is 90.7 Å². The summed E-state index contributed by atoms with van der Waals surface area (Å²) in [6.07, 6.45) is 1.53. The Labute approximate surface area is 150 Å². The van der Waals surface area contributed by atoms with Gasteiger partial charge in [-0.25, -0.2) is 13.4 Å². The third-order valence-corrected chi connectivity index (χ3v) is 5.27. The quantitative estimate of drug-likeness (QED) is 0.756. The maximum absolute atomic E-state index is 12.6. The van der Waals surface area contributed by atoms with Gasteiger partial charge in [-0.1, -0.05) is 12.1 Å². The highest BCUT2D eigenvalue weighted by Gasteiger charge is 2.17. The molecule has 0 unspecified atom stereocenters. The van der Waals surface area contributed by atoms with E-state index >= 15 is 0 Å². The van der Waals surface area contributed by atoms with Crippen LogP contribution in [0.1, 0.15) is 5.89 Å². The lowest BCUT2D eigenvalue weighted by Gasteiger charge is -2.19. The molecular weight excluding hydrogens is 356 g/mol. The van der Waals surface area contributed by atoms with Crippen molar-refractivity contribution in [1.82, 2.24) is 4.98 Å². The minimum absolute atomic E-state index is 0.149. The Morgan fingerprint density at radius 3 is 2.42 bits per heavy atom. The van der Waals surface area contributed by atoms with Crippen LogP contribution in [0.4, 0.5) is 5.69 Å². The van der Waals surface area contributed by atoms with Crippen LogP contribution in [0.2, 0.25) is 0 Å². The zero-order valence-corrected chi connectivity index (χ0v) is 14.7. The number of aromatic nitrogens is 1. The first-order valence-electron chi connectivity index (χ1n) is 7.96. The number of nitrogens with zero attached hydrogens (tertiary/aromatic N) is 1. The molecule has 0 saturated carbocycles. The summed E-state index contributed by atoms with van der Waals surface area (Å²) in [6.45, 7) is 2.67. The molecule has 26 heavy (non-hydrogen) atoms. The van der Waals surface area contributed by atoms with Gasteiger partial charge in [0, 0.05) is 18.6 Å². The molecule has 0 spiro atoms. The van der Waals surface area contributed by atoms with Gasteiger partial charge in [-0.2, -0.15) is 0 Å². The molecule has 1 aromatic heterocycles. The Hall–Kier alpha value is -3.00. The Morgan fingerprint density at radius 1 is 1.00 bits per heavy atom. The van der Waals surface area contributed by atoms with Crippen molar-refractivity contribution >= 4 is 15.7 Å². The van der Waals surface area contributed by atoms with E-state index in [0.717, 1.165) is 5.56 Å². The van der Waals surface area contributed by atoms with Crippen LogP contribution < -0.4 is 14.2 Å². The normalized spacial score (nSPS) is 13.4. The van der Waals surface area contributed by atoms with Crippen LogP contribution in [-0.2, 0) is 10.0 Å². The van der Waals surface area contributed by atoms with Gasteiger partial charge in [-0.15, -0.1) is 0 Å². The highest BCUT2D eigenvalue weighted by atomic mass is 32.2. The molecule has 4 rings (SSSR count). The Kier molecular flexibility index (Phi) is 4.04. The molecule has 0 aliphatic carbocycles. The molecule has 134 valence electrons. The van der Waals surface area contributed by atoms with Gasteiger partial charge in [0.2, 0.25) is 0 Å². The molecule has 1 N–H and O–H groups in total. The number of fused-ring (bicyclic) bond motifs is 1. The van der Waals surface area contributed by atoms with E-state index in [2.05, 4.69) is 9.71 Å². The Balaban J connectivity index is 1.56. The van der Waals surface area contributed by atoms with E-state index in [1.165, 1.54) is 18.4 Å². The number of aryl methyl sites for hydroxylation is 1. The van der Waals surface area contributed by atoms with Crippen molar-refractivity contribution < 1.29 is 22.3 Å². The maximum atomic E-state index is 12.6. The molecule has 2 aromatic carbocycles. The number of nitrogens with one attached hydrogen (secondary N) is 1. The first-order chi connectivity index (χ1) is 12.5. The maximum Gasteiger partial charge on any atom is 0.261 e. The van der Waals surface area contributed by atoms with Crippen LogP contribution in [0.25, 0.3) is 11.3 Å². The summed E-state index contributed by atoms with van der Waals surface area (Å²) < 4.78 is 43.8. The van der Waals surface area contributed by atoms with Crippen LogP contribution >= 0.6 is 0 Å². The van der Waals surface area contributed by atoms with Gasteiger partial charge >= 0.3 is 0 Å². The van der Waals surface area contributed by atoms with E-state index in [1.807, 2.05) is 0 Å². The minimum Gasteiger partial charge on any atom is -0.486 e. The van der Waals surface area contributed by atoms with Crippen molar-refractivity contribution in [3.8, 4) is 22.8 Å². The van der Waals surface area contributed by atoms with E-state index in [4.69, 9.17) is 13.9 Å². The minimum atomic E-state index is -3.72. The Bertz CT molecular complexity index is 1040. The SMILES string of the molecule is Cc1nc(-c2ccc(S(=O)(=O)Nc3ccc4c(c3)OCCO4)cc2)co1. The molecule has 0 fully saturated rings. The van der Waals surface area contributed by atoms with Gasteiger partial charge in [0.15, 0.2) is 17.4 Å². The molecule has 1 aliphatic rings. The standard InChI is InChI=1S/C18H16N2O5S/c1-12-19-16(11-25-12)13-2-5-15(6-3-13)26(21,22)20-14-4-7-17-18(10-14)24-9-8-23-17/h2-7,10-11,20H,8-9H2,1H3. The highest BCUT2D eigenvalue weighted by Crippen LogP contribution is 2.33. The van der Waals surface area contributed by atoms with Crippen molar-refractivity contribution in [2.75, 3.05) is 17.9 Å². The average molecular weight is 372 g/mol. The van der Waals surface area contributed by atoms with Crippen LogP contribution in [0.15, 0.2) is 58.0 Å². The first-order valence-corrected chi connectivity index (χ1v) is 9.45. The monoisotopic (exact) mass is 372 g/mol. The summed E-state index contributed by atoms with van der Waals surface area (Å²) in [5, 5.41) is 0. The number of benzene rings is 2. The average Bonchev–Trinajstić information content (AvgIpc) is 3.08. The smallest absolute Gasteiger partial charge is 0.261 e. The van der Waals surface area contributed by atoms with Crippen LogP contribution in [-0.4, -0.2) is 26.6 Å². The van der Waals surface area contributed by atoms with E-state index < -0.39 is 10.0 Å². The summed E-state index contributed by atoms with van der Waals surface area (Å²) in [7, 11) is -3.72. The predicted octanol–water partition coefficient (Wildman–Crippen LogP) is 3.22. The summed E-state index contributed by atoms with van der Waals surface area (Å²) in [5.41, 5.74) is 1.84. The lowest BCUT2D eigenvalue weighted by Crippen LogP contribution is -2.16. The van der Waals surface area contributed by atoms with E-state index in [0.29, 0.717) is 42.0 Å². The molecular formula is C18H16N2O5S. The van der Waals surface area contributed by atoms with E-state index in [-0.39, 0.29) is 4.90 Å². The molecule has 2 heterocycles. The highest BCUT2D eigenvalue weighted by molar-refractivity contribution is 7.92. The zero-order valence-electron chi connectivity index (χ0n) is 13.9. The predicted molar refractivity (Wildman–Crippen MR) is 94.9 cm³/mol. The van der Waals surface area contributed by atoms with Crippen molar-refractivity contribution in [1.29, 1.82) is 0 Å². The molecule has 0 saturated heterocycles. The Morgan fingerprint density at radius 2 is 1.73 bits per heavy atom. The van der Waals surface area contributed by atoms with Crippen LogP contribution in [0.3, 0.4) is 0 Å². The molecule has 3 aromatic rings. The molecule has 0 radical (unpaired) electrons. The second kappa shape index (κ2) is 6.38. The summed E-state index contributed by atoms with van der Waals surface area (Å²) >= 11 is 0. The van der Waals surface area contributed by atoms with Gasteiger partial charge in [0.1, 0.15) is 25.2 Å². The van der Waals surface area contributed by atoms with Gasteiger partial charge in [0.25, 0.3) is 10.0 Å². The largest absolute Gasteiger partial charge is 0.486 e. The van der Waals surface area contributed by atoms with Gasteiger partial charge in [0.05, 0.1) is 10.6 Å². The molecule has 8 heteroatoms. The molecule has 7 nitrogen and oxygen atoms in total. The number of hydrogen-bond donors (Lipinski definition) is 1. The molecule has 0 bridgehead atoms. The fraction of sp³-hybridized carbons (Fsp3) is 0.167. The van der Waals surface area contributed by atoms with Crippen molar-refractivity contribution in [2.45, 2.75) is 11.8 Å². The summed E-state index contributed by atoms with van der Waals surface area (Å²) in [6, 6.07) is 11.4. The van der Waals surface area contributed by atoms with Gasteiger partial charge in [-0.3, -0.25) is 4.72 Å². The fourth-order valence-corrected chi connectivity index (χ4v) is 3.67. The van der Waals surface area contributed by atoms with Crippen molar-refractivity contribution in [3.05, 3.63) is 54.6 Å². The summed E-state index contributed by atoms with van der Waals surface area (Å²) in [4.78, 5) is 4.37. The van der Waals surface area contributed by atoms with E-state index in [1.54, 1.807) is 37.3 Å². The molecule has 1 aliphatic heterocycles. The lowest BCUT2D eigenvalue weighted by atomic mass is 10.2. The van der Waals surface area contributed by atoms with Crippen molar-refractivity contribution in [2.24, 2.45) is 0 Å². The fourth-order valence-electron chi connectivity index (χ4n) is 2.62. The van der Waals surface area contributed by atoms with Crippen LogP contribution in [0.5, 0.6) is 11.5 Å². The lowest BCUT2D eigenvalue weighted by molar-refractivity contribution is 0.171. The van der Waals surface area contributed by atoms with Gasteiger partial charge < -0.3 is 13.9 Å². The third-order valence-electron chi connectivity index (χ3n) is 3.87. The molecule has 0 amide bonds. The number of rotatable bonds is 4. The molecule has 0 atom stereocenters. The number of anilines is 1. The number of oxazole rings is 1. The number of ether oxygens (including phenoxy) is 2. The zero-order chi connectivity index (χ0) is 18.1. The van der Waals surface area contributed by atoms with Gasteiger partial charge in [-0.05, 0) is 24.3 Å². The van der Waals surface area contributed by atoms with E-state index in [9.17, 15) is 8.42 Å².